The lowest BCUT2D eigenvalue weighted by Gasteiger charge is -2.11. The van der Waals surface area contributed by atoms with Crippen LogP contribution in [0.4, 0.5) is 8.78 Å². The Labute approximate surface area is 171 Å². The van der Waals surface area contributed by atoms with Gasteiger partial charge in [-0.15, -0.1) is 11.3 Å². The Balaban J connectivity index is 1.65. The molecular weight excluding hydrogens is 398 g/mol. The molecule has 29 heavy (non-hydrogen) atoms. The van der Waals surface area contributed by atoms with Crippen LogP contribution < -0.4 is 14.8 Å². The van der Waals surface area contributed by atoms with Crippen LogP contribution in [0.3, 0.4) is 0 Å². The van der Waals surface area contributed by atoms with Gasteiger partial charge in [-0.1, -0.05) is 36.4 Å². The first-order valence-electron chi connectivity index (χ1n) is 8.90. The number of methoxy groups -OCH3 is 1. The quantitative estimate of drug-likeness (QED) is 0.576. The van der Waals surface area contributed by atoms with Crippen molar-refractivity contribution in [3.63, 3.8) is 0 Å². The molecule has 0 spiro atoms. The van der Waals surface area contributed by atoms with Gasteiger partial charge in [0.25, 0.3) is 5.91 Å². The Kier molecular flexibility index (Phi) is 6.77. The van der Waals surface area contributed by atoms with Crippen LogP contribution in [-0.2, 0) is 6.42 Å². The van der Waals surface area contributed by atoms with E-state index in [0.29, 0.717) is 23.5 Å². The zero-order valence-corrected chi connectivity index (χ0v) is 16.8. The molecule has 5 nitrogen and oxygen atoms in total. The zero-order chi connectivity index (χ0) is 20.8. The van der Waals surface area contributed by atoms with Gasteiger partial charge in [-0.2, -0.15) is 8.78 Å². The number of nitrogens with one attached hydrogen (secondary N) is 1. The molecule has 0 radical (unpaired) electrons. The van der Waals surface area contributed by atoms with Crippen molar-refractivity contribution >= 4 is 17.2 Å². The fourth-order valence-corrected chi connectivity index (χ4v) is 3.69. The van der Waals surface area contributed by atoms with Crippen molar-refractivity contribution < 1.29 is 23.0 Å². The lowest BCUT2D eigenvalue weighted by molar-refractivity contribution is -0.0512. The second kappa shape index (κ2) is 9.47. The highest BCUT2D eigenvalue weighted by atomic mass is 32.1. The van der Waals surface area contributed by atoms with Gasteiger partial charge in [0.15, 0.2) is 11.5 Å². The van der Waals surface area contributed by atoms with E-state index in [1.54, 1.807) is 12.1 Å². The third-order valence-corrected chi connectivity index (χ3v) is 5.10. The molecule has 8 heteroatoms. The van der Waals surface area contributed by atoms with Gasteiger partial charge in [0.2, 0.25) is 0 Å². The average Bonchev–Trinajstić information content (AvgIpc) is 3.11. The van der Waals surface area contributed by atoms with Crippen molar-refractivity contribution in [2.24, 2.45) is 0 Å². The summed E-state index contributed by atoms with van der Waals surface area (Å²) in [5.41, 5.74) is 2.38. The molecule has 0 saturated carbocycles. The molecule has 1 heterocycles. The SMILES string of the molecule is COc1cc(CCNC(=O)c2sc(C)nc2-c2ccccc2)ccc1OC(F)F. The van der Waals surface area contributed by atoms with Gasteiger partial charge in [-0.25, -0.2) is 4.98 Å². The third kappa shape index (κ3) is 5.29. The van der Waals surface area contributed by atoms with Gasteiger partial charge in [0.1, 0.15) is 4.88 Å². The Hall–Kier alpha value is -3.00. The minimum Gasteiger partial charge on any atom is -0.493 e. The number of hydrogen-bond donors (Lipinski definition) is 1. The summed E-state index contributed by atoms with van der Waals surface area (Å²) in [6.07, 6.45) is 0.509. The fourth-order valence-electron chi connectivity index (χ4n) is 2.83. The number of aryl methyl sites for hydroxylation is 1. The number of rotatable bonds is 8. The van der Waals surface area contributed by atoms with Crippen LogP contribution in [0.1, 0.15) is 20.2 Å². The summed E-state index contributed by atoms with van der Waals surface area (Å²) in [5.74, 6) is 0.000525. The van der Waals surface area contributed by atoms with Crippen molar-refractivity contribution in [1.29, 1.82) is 0 Å². The number of alkyl halides is 2. The van der Waals surface area contributed by atoms with E-state index in [2.05, 4.69) is 15.0 Å². The van der Waals surface area contributed by atoms with Gasteiger partial charge in [-0.05, 0) is 31.0 Å². The summed E-state index contributed by atoms with van der Waals surface area (Å²) in [6, 6.07) is 14.3. The fraction of sp³-hybridized carbons (Fsp3) is 0.238. The molecule has 3 rings (SSSR count). The van der Waals surface area contributed by atoms with Gasteiger partial charge in [0.05, 0.1) is 17.8 Å². The molecule has 0 bridgehead atoms. The molecule has 152 valence electrons. The smallest absolute Gasteiger partial charge is 0.387 e. The molecule has 1 aromatic heterocycles. The van der Waals surface area contributed by atoms with E-state index in [4.69, 9.17) is 4.74 Å². The second-order valence-electron chi connectivity index (χ2n) is 6.15. The van der Waals surface area contributed by atoms with Crippen molar-refractivity contribution in [2.75, 3.05) is 13.7 Å². The molecule has 0 fully saturated rings. The first kappa shape index (κ1) is 20.7. The van der Waals surface area contributed by atoms with E-state index in [1.165, 1.54) is 24.5 Å². The van der Waals surface area contributed by atoms with E-state index >= 15 is 0 Å². The van der Waals surface area contributed by atoms with Crippen molar-refractivity contribution in [1.82, 2.24) is 10.3 Å². The Bertz CT molecular complexity index is 977. The first-order valence-corrected chi connectivity index (χ1v) is 9.72. The number of benzene rings is 2. The summed E-state index contributed by atoms with van der Waals surface area (Å²) in [5, 5.41) is 3.71. The molecule has 0 aliphatic carbocycles. The highest BCUT2D eigenvalue weighted by Crippen LogP contribution is 2.30. The molecule has 0 atom stereocenters. The molecule has 1 amide bonds. The normalized spacial score (nSPS) is 10.8. The topological polar surface area (TPSA) is 60.5 Å². The maximum Gasteiger partial charge on any atom is 0.387 e. The number of amides is 1. The number of hydrogen-bond acceptors (Lipinski definition) is 5. The summed E-state index contributed by atoms with van der Waals surface area (Å²) in [7, 11) is 1.39. The summed E-state index contributed by atoms with van der Waals surface area (Å²) >= 11 is 1.35. The van der Waals surface area contributed by atoms with E-state index in [0.717, 1.165) is 16.1 Å². The number of ether oxygens (including phenoxy) is 2. The number of halogens is 2. The van der Waals surface area contributed by atoms with Crippen molar-refractivity contribution in [3.05, 3.63) is 64.0 Å². The third-order valence-electron chi connectivity index (χ3n) is 4.13. The molecule has 1 N–H and O–H groups in total. The maximum atomic E-state index is 12.7. The molecule has 0 aliphatic rings. The van der Waals surface area contributed by atoms with Crippen LogP contribution in [0.2, 0.25) is 0 Å². The van der Waals surface area contributed by atoms with Crippen LogP contribution in [0.15, 0.2) is 48.5 Å². The highest BCUT2D eigenvalue weighted by molar-refractivity contribution is 7.14. The summed E-state index contributed by atoms with van der Waals surface area (Å²) in [6.45, 7) is -0.679. The molecular formula is C21H20F2N2O3S. The Morgan fingerprint density at radius 3 is 2.62 bits per heavy atom. The monoisotopic (exact) mass is 418 g/mol. The predicted molar refractivity (Wildman–Crippen MR) is 108 cm³/mol. The van der Waals surface area contributed by atoms with Crippen LogP contribution in [0, 0.1) is 6.92 Å². The van der Waals surface area contributed by atoms with Crippen molar-refractivity contribution in [2.45, 2.75) is 20.0 Å². The van der Waals surface area contributed by atoms with Crippen LogP contribution >= 0.6 is 11.3 Å². The number of carbonyl (C=O) groups excluding carboxylic acids is 1. The minimum atomic E-state index is -2.92. The summed E-state index contributed by atoms with van der Waals surface area (Å²) < 4.78 is 34.3. The van der Waals surface area contributed by atoms with E-state index in [1.807, 2.05) is 37.3 Å². The van der Waals surface area contributed by atoms with Crippen LogP contribution in [0.25, 0.3) is 11.3 Å². The first-order chi connectivity index (χ1) is 14.0. The van der Waals surface area contributed by atoms with E-state index in [-0.39, 0.29) is 17.4 Å². The Morgan fingerprint density at radius 2 is 1.93 bits per heavy atom. The number of thiazole rings is 1. The number of carbonyl (C=O) groups is 1. The zero-order valence-electron chi connectivity index (χ0n) is 15.9. The van der Waals surface area contributed by atoms with Gasteiger partial charge >= 0.3 is 6.61 Å². The van der Waals surface area contributed by atoms with Gasteiger partial charge in [0, 0.05) is 12.1 Å². The highest BCUT2D eigenvalue weighted by Gasteiger charge is 2.18. The molecule has 0 aliphatic heterocycles. The molecule has 2 aromatic carbocycles. The van der Waals surface area contributed by atoms with Gasteiger partial charge < -0.3 is 14.8 Å². The van der Waals surface area contributed by atoms with E-state index in [9.17, 15) is 13.6 Å². The molecule has 3 aromatic rings. The van der Waals surface area contributed by atoms with Crippen LogP contribution in [0.5, 0.6) is 11.5 Å². The predicted octanol–water partition coefficient (Wildman–Crippen LogP) is 4.70. The standard InChI is InChI=1S/C21H20F2N2O3S/c1-13-25-18(15-6-4-3-5-7-15)19(29-13)20(26)24-11-10-14-8-9-16(28-21(22)23)17(12-14)27-2/h3-9,12,21H,10-11H2,1-2H3,(H,24,26). The molecule has 0 unspecified atom stereocenters. The van der Waals surface area contributed by atoms with Crippen molar-refractivity contribution in [3.8, 4) is 22.8 Å². The molecule has 0 saturated heterocycles. The van der Waals surface area contributed by atoms with E-state index < -0.39 is 6.61 Å². The lowest BCUT2D eigenvalue weighted by atomic mass is 10.1. The number of aromatic nitrogens is 1. The second-order valence-corrected chi connectivity index (χ2v) is 7.35. The maximum absolute atomic E-state index is 12.7. The van der Waals surface area contributed by atoms with Crippen LogP contribution in [-0.4, -0.2) is 31.2 Å². The largest absolute Gasteiger partial charge is 0.493 e. The summed E-state index contributed by atoms with van der Waals surface area (Å²) in [4.78, 5) is 17.7. The lowest BCUT2D eigenvalue weighted by Crippen LogP contribution is -2.25. The van der Waals surface area contributed by atoms with Gasteiger partial charge in [-0.3, -0.25) is 4.79 Å². The minimum absolute atomic E-state index is 0.0251. The Morgan fingerprint density at radius 1 is 1.17 bits per heavy atom. The average molecular weight is 418 g/mol. The number of nitrogens with zero attached hydrogens (tertiary/aromatic N) is 1.